The van der Waals surface area contributed by atoms with Crippen molar-refractivity contribution in [3.8, 4) is 0 Å². The van der Waals surface area contributed by atoms with Crippen LogP contribution in [0.4, 0.5) is 5.69 Å². The van der Waals surface area contributed by atoms with Gasteiger partial charge in [0.2, 0.25) is 10.0 Å². The van der Waals surface area contributed by atoms with Gasteiger partial charge in [-0.05, 0) is 48.9 Å². The van der Waals surface area contributed by atoms with E-state index in [0.29, 0.717) is 36.1 Å². The standard InChI is InChI=1S/C17H24N2O3S/c1-13-10-14(2)12-18(11-13)17(20)15-4-6-16(7-5-15)19-8-3-9-23(19,21)22/h4-7,13-14H,3,8-12H2,1-2H3/t13-,14-/m0/s1. The van der Waals surface area contributed by atoms with Gasteiger partial charge in [-0.15, -0.1) is 0 Å². The molecule has 2 atom stereocenters. The van der Waals surface area contributed by atoms with Crippen molar-refractivity contribution in [2.45, 2.75) is 26.7 Å². The molecular formula is C17H24N2O3S. The van der Waals surface area contributed by atoms with Crippen molar-refractivity contribution >= 4 is 21.6 Å². The van der Waals surface area contributed by atoms with Crippen LogP contribution in [-0.2, 0) is 10.0 Å². The lowest BCUT2D eigenvalue weighted by Crippen LogP contribution is -2.42. The summed E-state index contributed by atoms with van der Waals surface area (Å²) < 4.78 is 25.3. The Kier molecular flexibility index (Phi) is 4.36. The van der Waals surface area contributed by atoms with Crippen LogP contribution in [0.5, 0.6) is 0 Å². The first-order valence-corrected chi connectivity index (χ1v) is 9.87. The lowest BCUT2D eigenvalue weighted by Gasteiger charge is -2.35. The number of nitrogens with zero attached hydrogens (tertiary/aromatic N) is 2. The molecule has 2 heterocycles. The van der Waals surface area contributed by atoms with Crippen molar-refractivity contribution in [2.75, 3.05) is 29.7 Å². The Morgan fingerprint density at radius 1 is 1.09 bits per heavy atom. The van der Waals surface area contributed by atoms with Gasteiger partial charge in [-0.3, -0.25) is 9.10 Å². The van der Waals surface area contributed by atoms with Crippen LogP contribution < -0.4 is 4.31 Å². The van der Waals surface area contributed by atoms with Gasteiger partial charge in [0.25, 0.3) is 5.91 Å². The summed E-state index contributed by atoms with van der Waals surface area (Å²) in [6, 6.07) is 6.98. The highest BCUT2D eigenvalue weighted by molar-refractivity contribution is 7.93. The van der Waals surface area contributed by atoms with E-state index in [1.807, 2.05) is 4.90 Å². The Morgan fingerprint density at radius 2 is 1.70 bits per heavy atom. The SMILES string of the molecule is C[C@H]1C[C@H](C)CN(C(=O)c2ccc(N3CCCS3(=O)=O)cc2)C1. The molecule has 5 nitrogen and oxygen atoms in total. The molecule has 126 valence electrons. The van der Waals surface area contributed by atoms with E-state index in [4.69, 9.17) is 0 Å². The number of sulfonamides is 1. The maximum Gasteiger partial charge on any atom is 0.253 e. The molecule has 1 amide bonds. The molecule has 1 aromatic rings. The molecule has 2 aliphatic heterocycles. The second kappa shape index (κ2) is 6.15. The number of hydrogen-bond acceptors (Lipinski definition) is 3. The van der Waals surface area contributed by atoms with Crippen LogP contribution in [-0.4, -0.2) is 44.6 Å². The lowest BCUT2D eigenvalue weighted by atomic mass is 9.91. The van der Waals surface area contributed by atoms with Gasteiger partial charge >= 0.3 is 0 Å². The van der Waals surface area contributed by atoms with Gasteiger partial charge in [0.1, 0.15) is 0 Å². The molecule has 0 unspecified atom stereocenters. The van der Waals surface area contributed by atoms with Crippen molar-refractivity contribution in [3.63, 3.8) is 0 Å². The number of piperidine rings is 1. The first-order valence-electron chi connectivity index (χ1n) is 8.26. The summed E-state index contributed by atoms with van der Waals surface area (Å²) >= 11 is 0. The topological polar surface area (TPSA) is 57.7 Å². The zero-order valence-corrected chi connectivity index (χ0v) is 14.6. The highest BCUT2D eigenvalue weighted by Gasteiger charge is 2.29. The molecule has 23 heavy (non-hydrogen) atoms. The molecule has 0 aliphatic carbocycles. The normalized spacial score (nSPS) is 27.2. The van der Waals surface area contributed by atoms with E-state index in [1.54, 1.807) is 24.3 Å². The molecule has 6 heteroatoms. The smallest absolute Gasteiger partial charge is 0.253 e. The van der Waals surface area contributed by atoms with Crippen LogP contribution in [0, 0.1) is 11.8 Å². The number of benzene rings is 1. The summed E-state index contributed by atoms with van der Waals surface area (Å²) in [6.45, 7) is 6.47. The van der Waals surface area contributed by atoms with Crippen LogP contribution in [0.25, 0.3) is 0 Å². The van der Waals surface area contributed by atoms with Crippen molar-refractivity contribution in [2.24, 2.45) is 11.8 Å². The van der Waals surface area contributed by atoms with Crippen molar-refractivity contribution < 1.29 is 13.2 Å². The molecule has 2 aliphatic rings. The van der Waals surface area contributed by atoms with Gasteiger partial charge in [-0.2, -0.15) is 0 Å². The predicted octanol–water partition coefficient (Wildman–Crippen LogP) is 2.34. The van der Waals surface area contributed by atoms with Gasteiger partial charge in [0.05, 0.1) is 11.4 Å². The summed E-state index contributed by atoms with van der Waals surface area (Å²) in [6.07, 6.45) is 1.82. The maximum absolute atomic E-state index is 12.6. The summed E-state index contributed by atoms with van der Waals surface area (Å²) in [5.74, 6) is 1.30. The number of hydrogen-bond donors (Lipinski definition) is 0. The van der Waals surface area contributed by atoms with Crippen LogP contribution in [0.1, 0.15) is 37.0 Å². The fourth-order valence-electron chi connectivity index (χ4n) is 3.71. The third kappa shape index (κ3) is 3.37. The van der Waals surface area contributed by atoms with Gasteiger partial charge in [0.15, 0.2) is 0 Å². The van der Waals surface area contributed by atoms with E-state index >= 15 is 0 Å². The van der Waals surface area contributed by atoms with E-state index in [-0.39, 0.29) is 11.7 Å². The summed E-state index contributed by atoms with van der Waals surface area (Å²) in [5.41, 5.74) is 1.28. The quantitative estimate of drug-likeness (QED) is 0.833. The molecule has 2 fully saturated rings. The highest BCUT2D eigenvalue weighted by atomic mass is 32.2. The second-order valence-corrected chi connectivity index (χ2v) is 8.96. The Bertz CT molecular complexity index is 674. The third-order valence-corrected chi connectivity index (χ3v) is 6.53. The van der Waals surface area contributed by atoms with E-state index in [0.717, 1.165) is 19.5 Å². The molecule has 0 aromatic heterocycles. The molecule has 0 bridgehead atoms. The number of amides is 1. The van der Waals surface area contributed by atoms with Crippen LogP contribution >= 0.6 is 0 Å². The van der Waals surface area contributed by atoms with E-state index in [1.165, 1.54) is 4.31 Å². The van der Waals surface area contributed by atoms with Gasteiger partial charge in [-0.1, -0.05) is 13.8 Å². The fourth-order valence-corrected chi connectivity index (χ4v) is 5.28. The van der Waals surface area contributed by atoms with E-state index in [2.05, 4.69) is 13.8 Å². The minimum atomic E-state index is -3.17. The van der Waals surface area contributed by atoms with Crippen molar-refractivity contribution in [1.29, 1.82) is 0 Å². The Balaban J connectivity index is 1.75. The molecule has 0 saturated carbocycles. The van der Waals surface area contributed by atoms with E-state index in [9.17, 15) is 13.2 Å². The minimum absolute atomic E-state index is 0.0410. The van der Waals surface area contributed by atoms with Crippen LogP contribution in [0.15, 0.2) is 24.3 Å². The zero-order chi connectivity index (χ0) is 16.6. The molecule has 3 rings (SSSR count). The average Bonchev–Trinajstić information content (AvgIpc) is 2.85. The zero-order valence-electron chi connectivity index (χ0n) is 13.7. The Hall–Kier alpha value is -1.56. The molecular weight excluding hydrogens is 312 g/mol. The molecule has 0 radical (unpaired) electrons. The number of rotatable bonds is 2. The number of likely N-dealkylation sites (tertiary alicyclic amines) is 1. The first-order chi connectivity index (χ1) is 10.9. The maximum atomic E-state index is 12.6. The Morgan fingerprint density at radius 3 is 2.22 bits per heavy atom. The fraction of sp³-hybridized carbons (Fsp3) is 0.588. The molecule has 1 aromatic carbocycles. The summed E-state index contributed by atoms with van der Waals surface area (Å²) in [4.78, 5) is 14.6. The first kappa shape index (κ1) is 16.3. The van der Waals surface area contributed by atoms with Crippen molar-refractivity contribution in [1.82, 2.24) is 4.90 Å². The molecule has 0 spiro atoms. The summed E-state index contributed by atoms with van der Waals surface area (Å²) in [5, 5.41) is 0. The van der Waals surface area contributed by atoms with Gasteiger partial charge < -0.3 is 4.90 Å². The van der Waals surface area contributed by atoms with Gasteiger partial charge in [-0.25, -0.2) is 8.42 Å². The van der Waals surface area contributed by atoms with Crippen molar-refractivity contribution in [3.05, 3.63) is 29.8 Å². The van der Waals surface area contributed by atoms with Gasteiger partial charge in [0, 0.05) is 25.2 Å². The lowest BCUT2D eigenvalue weighted by molar-refractivity contribution is 0.0623. The molecule has 2 saturated heterocycles. The Labute approximate surface area is 138 Å². The third-order valence-electron chi connectivity index (χ3n) is 4.66. The monoisotopic (exact) mass is 336 g/mol. The van der Waals surface area contributed by atoms with Crippen LogP contribution in [0.3, 0.4) is 0 Å². The molecule has 0 N–H and O–H groups in total. The van der Waals surface area contributed by atoms with E-state index < -0.39 is 10.0 Å². The second-order valence-electron chi connectivity index (χ2n) is 6.94. The number of carbonyl (C=O) groups is 1. The predicted molar refractivity (Wildman–Crippen MR) is 91.0 cm³/mol. The summed E-state index contributed by atoms with van der Waals surface area (Å²) in [7, 11) is -3.17. The largest absolute Gasteiger partial charge is 0.338 e. The number of carbonyl (C=O) groups excluding carboxylic acids is 1. The number of anilines is 1. The highest BCUT2D eigenvalue weighted by Crippen LogP contribution is 2.26. The van der Waals surface area contributed by atoms with Crippen LogP contribution in [0.2, 0.25) is 0 Å². The average molecular weight is 336 g/mol. The minimum Gasteiger partial charge on any atom is -0.338 e.